The summed E-state index contributed by atoms with van der Waals surface area (Å²) in [6.45, 7) is 2.30. The van der Waals surface area contributed by atoms with E-state index in [0.29, 0.717) is 11.8 Å². The van der Waals surface area contributed by atoms with Crippen LogP contribution in [-0.4, -0.2) is 0 Å². The average Bonchev–Trinajstić information content (AvgIpc) is 2.95. The summed E-state index contributed by atoms with van der Waals surface area (Å²) in [6, 6.07) is 13.2. The normalized spacial score (nSPS) is 23.3. The zero-order chi connectivity index (χ0) is 15.6. The van der Waals surface area contributed by atoms with Crippen LogP contribution < -0.4 is 15.5 Å². The third-order valence-electron chi connectivity index (χ3n) is 5.33. The Bertz CT molecular complexity index is 1100. The van der Waals surface area contributed by atoms with E-state index in [0.717, 1.165) is 12.1 Å². The zero-order valence-electron chi connectivity index (χ0n) is 13.2. The Labute approximate surface area is 139 Å². The van der Waals surface area contributed by atoms with E-state index in [1.807, 2.05) is 11.3 Å². The van der Waals surface area contributed by atoms with Crippen molar-refractivity contribution in [3.63, 3.8) is 0 Å². The van der Waals surface area contributed by atoms with Gasteiger partial charge in [-0.15, -0.1) is 11.3 Å². The van der Waals surface area contributed by atoms with E-state index in [-0.39, 0.29) is 0 Å². The number of hydrogen-bond donors (Lipinski definition) is 1. The Morgan fingerprint density at radius 3 is 2.87 bits per heavy atom. The lowest BCUT2D eigenvalue weighted by Gasteiger charge is -2.27. The first-order valence-corrected chi connectivity index (χ1v) is 9.15. The van der Waals surface area contributed by atoms with Crippen LogP contribution >= 0.6 is 11.3 Å². The second-order valence-electron chi connectivity index (χ2n) is 6.92. The van der Waals surface area contributed by atoms with Crippen LogP contribution in [0.2, 0.25) is 0 Å². The Kier molecular flexibility index (Phi) is 2.75. The van der Waals surface area contributed by atoms with Gasteiger partial charge < -0.3 is 5.73 Å². The molecule has 1 nitrogen and oxygen atoms in total. The number of benzene rings is 2. The van der Waals surface area contributed by atoms with Crippen molar-refractivity contribution in [2.24, 2.45) is 17.6 Å². The molecule has 114 valence electrons. The third-order valence-corrected chi connectivity index (χ3v) is 6.64. The second-order valence-corrected chi connectivity index (χ2v) is 7.94. The van der Waals surface area contributed by atoms with Gasteiger partial charge in [0.15, 0.2) is 0 Å². The van der Waals surface area contributed by atoms with Gasteiger partial charge in [-0.25, -0.2) is 0 Å². The standard InChI is InChI=1S/C21H19NS/c1-12-6-8-15-14(10-12)11-18(22)21-19(15)17-9-7-13-4-2-3-5-16(13)20(17)23-21/h2-9,12,14H,10-11,22H2,1H3. The molecule has 0 radical (unpaired) electrons. The van der Waals surface area contributed by atoms with Crippen LogP contribution in [0.1, 0.15) is 19.8 Å². The smallest absolute Gasteiger partial charge is 0.0545 e. The van der Waals surface area contributed by atoms with Gasteiger partial charge in [-0.2, -0.15) is 0 Å². The molecule has 23 heavy (non-hydrogen) atoms. The summed E-state index contributed by atoms with van der Waals surface area (Å²) in [5.74, 6) is 1.25. The highest BCUT2D eigenvalue weighted by Gasteiger charge is 2.26. The molecule has 0 bridgehead atoms. The summed E-state index contributed by atoms with van der Waals surface area (Å²) < 4.78 is 2.69. The molecule has 1 heterocycles. The molecule has 0 aliphatic heterocycles. The van der Waals surface area contributed by atoms with Crippen LogP contribution in [0.4, 0.5) is 0 Å². The first-order chi connectivity index (χ1) is 11.2. The van der Waals surface area contributed by atoms with Crippen molar-refractivity contribution >= 4 is 43.5 Å². The van der Waals surface area contributed by atoms with Crippen molar-refractivity contribution in [2.75, 3.05) is 0 Å². The highest BCUT2D eigenvalue weighted by Crippen LogP contribution is 2.35. The molecule has 2 aliphatic rings. The van der Waals surface area contributed by atoms with Gasteiger partial charge in [0.25, 0.3) is 0 Å². The van der Waals surface area contributed by atoms with Crippen molar-refractivity contribution in [3.8, 4) is 0 Å². The molecule has 0 fully saturated rings. The molecule has 0 saturated carbocycles. The first kappa shape index (κ1) is 13.4. The lowest BCUT2D eigenvalue weighted by molar-refractivity contribution is 0.512. The van der Waals surface area contributed by atoms with Crippen molar-refractivity contribution in [2.45, 2.75) is 19.8 Å². The molecule has 2 N–H and O–H groups in total. The van der Waals surface area contributed by atoms with E-state index in [1.165, 1.54) is 42.6 Å². The minimum absolute atomic E-state index is 0.590. The van der Waals surface area contributed by atoms with Crippen molar-refractivity contribution in [1.82, 2.24) is 0 Å². The van der Waals surface area contributed by atoms with Crippen LogP contribution in [0.15, 0.2) is 48.6 Å². The lowest BCUT2D eigenvalue weighted by atomic mass is 9.78. The van der Waals surface area contributed by atoms with E-state index in [4.69, 9.17) is 5.73 Å². The Morgan fingerprint density at radius 1 is 1.09 bits per heavy atom. The summed E-state index contributed by atoms with van der Waals surface area (Å²) in [5, 5.41) is 5.45. The summed E-state index contributed by atoms with van der Waals surface area (Å²) in [5.41, 5.74) is 9.09. The fourth-order valence-electron chi connectivity index (χ4n) is 4.24. The molecule has 2 atom stereocenters. The predicted octanol–water partition coefficient (Wildman–Crippen LogP) is 3.89. The van der Waals surface area contributed by atoms with Gasteiger partial charge in [-0.1, -0.05) is 55.5 Å². The quantitative estimate of drug-likeness (QED) is 0.669. The van der Waals surface area contributed by atoms with Crippen LogP contribution in [0, 0.1) is 11.8 Å². The van der Waals surface area contributed by atoms with Gasteiger partial charge >= 0.3 is 0 Å². The minimum atomic E-state index is 0.590. The number of hydrogen-bond acceptors (Lipinski definition) is 2. The van der Waals surface area contributed by atoms with Gasteiger partial charge in [0, 0.05) is 21.0 Å². The van der Waals surface area contributed by atoms with Crippen molar-refractivity contribution in [3.05, 3.63) is 58.3 Å². The lowest BCUT2D eigenvalue weighted by Crippen LogP contribution is -2.35. The van der Waals surface area contributed by atoms with E-state index in [9.17, 15) is 0 Å². The summed E-state index contributed by atoms with van der Waals surface area (Å²) in [6.07, 6.45) is 6.96. The van der Waals surface area contributed by atoms with E-state index in [1.54, 1.807) is 0 Å². The van der Waals surface area contributed by atoms with E-state index >= 15 is 0 Å². The maximum Gasteiger partial charge on any atom is 0.0545 e. The average molecular weight is 317 g/mol. The predicted molar refractivity (Wildman–Crippen MR) is 101 cm³/mol. The first-order valence-electron chi connectivity index (χ1n) is 8.33. The molecule has 0 amide bonds. The van der Waals surface area contributed by atoms with Gasteiger partial charge in [-0.05, 0) is 41.0 Å². The highest BCUT2D eigenvalue weighted by atomic mass is 32.1. The highest BCUT2D eigenvalue weighted by molar-refractivity contribution is 7.18. The molecule has 2 aliphatic carbocycles. The summed E-state index contributed by atoms with van der Waals surface area (Å²) in [7, 11) is 0. The van der Waals surface area contributed by atoms with Crippen LogP contribution in [0.25, 0.3) is 32.1 Å². The minimum Gasteiger partial charge on any atom is -0.401 e. The van der Waals surface area contributed by atoms with Crippen LogP contribution in [-0.2, 0) is 0 Å². The third kappa shape index (κ3) is 1.85. The number of nitrogens with two attached hydrogens (primary N) is 1. The number of thiophene rings is 1. The van der Waals surface area contributed by atoms with Crippen LogP contribution in [0.5, 0.6) is 0 Å². The molecule has 0 saturated heterocycles. The molecule has 1 aromatic heterocycles. The summed E-state index contributed by atoms with van der Waals surface area (Å²) >= 11 is 1.88. The maximum atomic E-state index is 6.50. The Balaban J connectivity index is 2.01. The monoisotopic (exact) mass is 317 g/mol. The topological polar surface area (TPSA) is 26.0 Å². The fraction of sp³-hybridized carbons (Fsp3) is 0.238. The Morgan fingerprint density at radius 2 is 1.96 bits per heavy atom. The number of allylic oxidation sites excluding steroid dienone is 2. The van der Waals surface area contributed by atoms with E-state index < -0.39 is 0 Å². The molecular formula is C21H19NS. The molecule has 2 heteroatoms. The molecular weight excluding hydrogens is 298 g/mol. The SMILES string of the molecule is CC1C=CC2=c3c(sc4c3ccc3ccccc34)=C(N)CC2C1. The Hall–Kier alpha value is -2.06. The largest absolute Gasteiger partial charge is 0.401 e. The molecule has 0 spiro atoms. The van der Waals surface area contributed by atoms with Gasteiger partial charge in [-0.3, -0.25) is 0 Å². The van der Waals surface area contributed by atoms with Gasteiger partial charge in [0.1, 0.15) is 0 Å². The molecule has 5 rings (SSSR count). The van der Waals surface area contributed by atoms with Crippen molar-refractivity contribution < 1.29 is 0 Å². The second kappa shape index (κ2) is 4.72. The van der Waals surface area contributed by atoms with Crippen molar-refractivity contribution in [1.29, 1.82) is 0 Å². The zero-order valence-corrected chi connectivity index (χ0v) is 14.0. The number of rotatable bonds is 0. The fourth-order valence-corrected chi connectivity index (χ4v) is 5.56. The maximum absolute atomic E-state index is 6.50. The number of fused-ring (bicyclic) bond motifs is 6. The van der Waals surface area contributed by atoms with Crippen LogP contribution in [0.3, 0.4) is 0 Å². The van der Waals surface area contributed by atoms with Gasteiger partial charge in [0.2, 0.25) is 0 Å². The van der Waals surface area contributed by atoms with Gasteiger partial charge in [0.05, 0.1) is 4.53 Å². The van der Waals surface area contributed by atoms with E-state index in [2.05, 4.69) is 55.5 Å². The molecule has 3 aromatic rings. The molecule has 2 unspecified atom stereocenters. The summed E-state index contributed by atoms with van der Waals surface area (Å²) in [4.78, 5) is 0. The molecule has 2 aromatic carbocycles.